The number of amides is 1. The van der Waals surface area contributed by atoms with Crippen LogP contribution in [0.2, 0.25) is 0 Å². The fourth-order valence-corrected chi connectivity index (χ4v) is 1.27. The Hall–Kier alpha value is -1.56. The third-order valence-corrected chi connectivity index (χ3v) is 2.31. The molecule has 0 aliphatic carbocycles. The molecule has 0 atom stereocenters. The molecular formula is C12H15F3N2O. The topological polar surface area (TPSA) is 55.1 Å². The van der Waals surface area contributed by atoms with Gasteiger partial charge in [-0.25, -0.2) is 13.2 Å². The second kappa shape index (κ2) is 5.39. The summed E-state index contributed by atoms with van der Waals surface area (Å²) in [6.45, 7) is 3.50. The number of nitrogens with one attached hydrogen (secondary N) is 1. The highest BCUT2D eigenvalue weighted by atomic mass is 19.2. The lowest BCUT2D eigenvalue weighted by Gasteiger charge is -2.17. The van der Waals surface area contributed by atoms with Gasteiger partial charge in [0.25, 0.3) is 0 Å². The standard InChI is InChI=1S/C12H15F3N2O/c1-12(2,16)6-5-9(18)17-8-4-3-7(13)10(14)11(8)15/h3-4H,5-6,16H2,1-2H3,(H,17,18). The molecule has 0 spiro atoms. The SMILES string of the molecule is CC(C)(N)CCC(=O)Nc1ccc(F)c(F)c1F. The molecule has 3 N–H and O–H groups in total. The quantitative estimate of drug-likeness (QED) is 0.817. The van der Waals surface area contributed by atoms with E-state index in [1.165, 1.54) is 0 Å². The van der Waals surface area contributed by atoms with Crippen molar-refractivity contribution in [2.45, 2.75) is 32.2 Å². The van der Waals surface area contributed by atoms with Crippen molar-refractivity contribution >= 4 is 11.6 Å². The summed E-state index contributed by atoms with van der Waals surface area (Å²) in [4.78, 5) is 11.5. The van der Waals surface area contributed by atoms with E-state index in [4.69, 9.17) is 5.73 Å². The van der Waals surface area contributed by atoms with Gasteiger partial charge in [0.1, 0.15) is 0 Å². The second-order valence-corrected chi connectivity index (χ2v) is 4.76. The van der Waals surface area contributed by atoms with E-state index in [2.05, 4.69) is 5.32 Å². The zero-order chi connectivity index (χ0) is 13.9. The first kappa shape index (κ1) is 14.5. The number of benzene rings is 1. The first-order valence-electron chi connectivity index (χ1n) is 5.43. The van der Waals surface area contributed by atoms with E-state index in [1.807, 2.05) is 0 Å². The van der Waals surface area contributed by atoms with Gasteiger partial charge < -0.3 is 11.1 Å². The van der Waals surface area contributed by atoms with Crippen LogP contribution in [0.5, 0.6) is 0 Å². The van der Waals surface area contributed by atoms with Gasteiger partial charge in [-0.15, -0.1) is 0 Å². The number of carbonyl (C=O) groups is 1. The molecule has 18 heavy (non-hydrogen) atoms. The fourth-order valence-electron chi connectivity index (χ4n) is 1.27. The van der Waals surface area contributed by atoms with Gasteiger partial charge in [0.15, 0.2) is 17.5 Å². The van der Waals surface area contributed by atoms with Crippen molar-refractivity contribution in [1.82, 2.24) is 0 Å². The number of anilines is 1. The van der Waals surface area contributed by atoms with Crippen LogP contribution in [0.3, 0.4) is 0 Å². The summed E-state index contributed by atoms with van der Waals surface area (Å²) in [6.07, 6.45) is 0.464. The second-order valence-electron chi connectivity index (χ2n) is 4.76. The fraction of sp³-hybridized carbons (Fsp3) is 0.417. The monoisotopic (exact) mass is 260 g/mol. The van der Waals surface area contributed by atoms with Crippen LogP contribution in [0, 0.1) is 17.5 Å². The number of hydrogen-bond acceptors (Lipinski definition) is 2. The molecule has 0 unspecified atom stereocenters. The van der Waals surface area contributed by atoms with Crippen molar-refractivity contribution in [1.29, 1.82) is 0 Å². The molecule has 100 valence electrons. The van der Waals surface area contributed by atoms with Crippen LogP contribution in [-0.4, -0.2) is 11.4 Å². The van der Waals surface area contributed by atoms with Crippen molar-refractivity contribution in [2.75, 3.05) is 5.32 Å². The molecule has 0 aliphatic heterocycles. The van der Waals surface area contributed by atoms with Crippen LogP contribution in [-0.2, 0) is 4.79 Å². The van der Waals surface area contributed by atoms with Crippen molar-refractivity contribution in [3.8, 4) is 0 Å². The highest BCUT2D eigenvalue weighted by Crippen LogP contribution is 2.20. The number of nitrogens with two attached hydrogens (primary N) is 1. The minimum atomic E-state index is -1.60. The van der Waals surface area contributed by atoms with Gasteiger partial charge in [-0.1, -0.05) is 0 Å². The van der Waals surface area contributed by atoms with Crippen molar-refractivity contribution in [3.05, 3.63) is 29.6 Å². The zero-order valence-corrected chi connectivity index (χ0v) is 10.2. The molecule has 0 saturated heterocycles. The van der Waals surface area contributed by atoms with Crippen molar-refractivity contribution in [2.24, 2.45) is 5.73 Å². The molecule has 1 aromatic rings. The summed E-state index contributed by atoms with van der Waals surface area (Å²) in [6, 6.07) is 1.72. The van der Waals surface area contributed by atoms with Gasteiger partial charge in [0.2, 0.25) is 5.91 Å². The lowest BCUT2D eigenvalue weighted by atomic mass is 10.00. The average Bonchev–Trinajstić information content (AvgIpc) is 2.26. The molecule has 0 saturated carbocycles. The molecule has 0 radical (unpaired) electrons. The molecule has 1 aromatic carbocycles. The first-order chi connectivity index (χ1) is 8.20. The molecule has 3 nitrogen and oxygen atoms in total. The minimum Gasteiger partial charge on any atom is -0.326 e. The summed E-state index contributed by atoms with van der Waals surface area (Å²) in [5.74, 6) is -4.81. The Kier molecular flexibility index (Phi) is 4.34. The van der Waals surface area contributed by atoms with Gasteiger partial charge >= 0.3 is 0 Å². The van der Waals surface area contributed by atoms with Crippen LogP contribution >= 0.6 is 0 Å². The number of rotatable bonds is 4. The van der Waals surface area contributed by atoms with E-state index in [0.717, 1.165) is 12.1 Å². The lowest BCUT2D eigenvalue weighted by molar-refractivity contribution is -0.116. The number of hydrogen-bond donors (Lipinski definition) is 2. The molecule has 0 fully saturated rings. The Morgan fingerprint density at radius 1 is 1.28 bits per heavy atom. The molecule has 6 heteroatoms. The highest BCUT2D eigenvalue weighted by Gasteiger charge is 2.17. The predicted octanol–water partition coefficient (Wildman–Crippen LogP) is 2.56. The Balaban J connectivity index is 2.68. The zero-order valence-electron chi connectivity index (χ0n) is 10.2. The highest BCUT2D eigenvalue weighted by molar-refractivity contribution is 5.90. The van der Waals surface area contributed by atoms with E-state index in [0.29, 0.717) is 6.42 Å². The molecule has 1 amide bonds. The summed E-state index contributed by atoms with van der Waals surface area (Å²) in [5.41, 5.74) is 4.78. The van der Waals surface area contributed by atoms with E-state index < -0.39 is 28.9 Å². The summed E-state index contributed by atoms with van der Waals surface area (Å²) in [5, 5.41) is 2.17. The lowest BCUT2D eigenvalue weighted by Crippen LogP contribution is -2.33. The summed E-state index contributed by atoms with van der Waals surface area (Å²) in [7, 11) is 0. The van der Waals surface area contributed by atoms with Crippen LogP contribution in [0.25, 0.3) is 0 Å². The van der Waals surface area contributed by atoms with Gasteiger partial charge in [0.05, 0.1) is 5.69 Å². The Bertz CT molecular complexity index is 455. The largest absolute Gasteiger partial charge is 0.326 e. The molecule has 0 aromatic heterocycles. The molecule has 1 rings (SSSR count). The van der Waals surface area contributed by atoms with Crippen LogP contribution in [0.15, 0.2) is 12.1 Å². The first-order valence-corrected chi connectivity index (χ1v) is 5.43. The Morgan fingerprint density at radius 2 is 1.89 bits per heavy atom. The van der Waals surface area contributed by atoms with Crippen molar-refractivity contribution < 1.29 is 18.0 Å². The predicted molar refractivity (Wildman–Crippen MR) is 62.4 cm³/mol. The molecule has 0 bridgehead atoms. The van der Waals surface area contributed by atoms with Gasteiger partial charge in [-0.3, -0.25) is 4.79 Å². The maximum atomic E-state index is 13.2. The van der Waals surface area contributed by atoms with Gasteiger partial charge in [-0.05, 0) is 32.4 Å². The summed E-state index contributed by atoms with van der Waals surface area (Å²) < 4.78 is 38.8. The minimum absolute atomic E-state index is 0.0714. The van der Waals surface area contributed by atoms with E-state index >= 15 is 0 Å². The third-order valence-electron chi connectivity index (χ3n) is 2.31. The van der Waals surface area contributed by atoms with E-state index in [1.54, 1.807) is 13.8 Å². The maximum Gasteiger partial charge on any atom is 0.224 e. The van der Waals surface area contributed by atoms with E-state index in [-0.39, 0.29) is 12.1 Å². The smallest absolute Gasteiger partial charge is 0.224 e. The Morgan fingerprint density at radius 3 is 2.44 bits per heavy atom. The van der Waals surface area contributed by atoms with Crippen LogP contribution in [0.4, 0.5) is 18.9 Å². The van der Waals surface area contributed by atoms with Crippen LogP contribution in [0.1, 0.15) is 26.7 Å². The third kappa shape index (κ3) is 4.03. The molecular weight excluding hydrogens is 245 g/mol. The average molecular weight is 260 g/mol. The molecule has 0 heterocycles. The van der Waals surface area contributed by atoms with Crippen molar-refractivity contribution in [3.63, 3.8) is 0 Å². The van der Waals surface area contributed by atoms with Gasteiger partial charge in [0, 0.05) is 12.0 Å². The number of halogens is 3. The maximum absolute atomic E-state index is 13.2. The summed E-state index contributed by atoms with van der Waals surface area (Å²) >= 11 is 0. The normalized spacial score (nSPS) is 11.4. The van der Waals surface area contributed by atoms with Crippen LogP contribution < -0.4 is 11.1 Å². The number of carbonyl (C=O) groups excluding carboxylic acids is 1. The molecule has 0 aliphatic rings. The van der Waals surface area contributed by atoms with Gasteiger partial charge in [-0.2, -0.15) is 0 Å². The Labute approximate surface area is 103 Å². The van der Waals surface area contributed by atoms with E-state index in [9.17, 15) is 18.0 Å².